The Morgan fingerprint density at radius 1 is 1.07 bits per heavy atom. The summed E-state index contributed by atoms with van der Waals surface area (Å²) in [6.45, 7) is 4.04. The van der Waals surface area contributed by atoms with E-state index >= 15 is 0 Å². The SMILES string of the molecule is CCOc1cc([C@@H]2NC(=O)NC(C)=C2C(=O)OC)ccc1OC[C@@H](O)N/N=C\c1ccccc1OCc1ccc(Br)cc1. The Bertz CT molecular complexity index is 1490. The number of carbonyl (C=O) groups is 2. The van der Waals surface area contributed by atoms with Crippen molar-refractivity contribution in [3.8, 4) is 17.2 Å². The highest BCUT2D eigenvalue weighted by Gasteiger charge is 2.32. The number of rotatable bonds is 13. The number of allylic oxidation sites excluding steroid dienone is 1. The second kappa shape index (κ2) is 15.1. The van der Waals surface area contributed by atoms with Gasteiger partial charge in [0.05, 0.1) is 31.5 Å². The van der Waals surface area contributed by atoms with E-state index < -0.39 is 24.3 Å². The lowest BCUT2D eigenvalue weighted by Gasteiger charge is -2.28. The molecule has 0 aliphatic carbocycles. The van der Waals surface area contributed by atoms with E-state index in [0.29, 0.717) is 41.7 Å². The molecule has 4 rings (SSSR count). The summed E-state index contributed by atoms with van der Waals surface area (Å²) in [4.78, 5) is 24.6. The quantitative estimate of drug-likeness (QED) is 0.0913. The van der Waals surface area contributed by atoms with Crippen molar-refractivity contribution in [1.29, 1.82) is 0 Å². The number of hydrogen-bond donors (Lipinski definition) is 4. The molecule has 0 saturated heterocycles. The van der Waals surface area contributed by atoms with Crippen LogP contribution in [0.2, 0.25) is 0 Å². The van der Waals surface area contributed by atoms with Crippen molar-refractivity contribution in [1.82, 2.24) is 16.1 Å². The minimum atomic E-state index is -1.14. The highest BCUT2D eigenvalue weighted by molar-refractivity contribution is 9.10. The molecule has 0 saturated carbocycles. The zero-order valence-corrected chi connectivity index (χ0v) is 25.5. The summed E-state index contributed by atoms with van der Waals surface area (Å²) in [5.41, 5.74) is 5.66. The maximum absolute atomic E-state index is 12.4. The van der Waals surface area contributed by atoms with Crippen LogP contribution in [0.5, 0.6) is 17.2 Å². The van der Waals surface area contributed by atoms with Crippen molar-refractivity contribution in [2.24, 2.45) is 5.10 Å². The van der Waals surface area contributed by atoms with Gasteiger partial charge in [0.15, 0.2) is 17.7 Å². The monoisotopic (exact) mass is 652 g/mol. The molecule has 226 valence electrons. The van der Waals surface area contributed by atoms with E-state index in [2.05, 4.69) is 37.1 Å². The van der Waals surface area contributed by atoms with Gasteiger partial charge in [-0.2, -0.15) is 5.10 Å². The topological polar surface area (TPSA) is 140 Å². The number of hydrazone groups is 1. The molecule has 2 amide bonds. The first-order valence-corrected chi connectivity index (χ1v) is 14.3. The van der Waals surface area contributed by atoms with Gasteiger partial charge in [0.25, 0.3) is 0 Å². The highest BCUT2D eigenvalue weighted by atomic mass is 79.9. The van der Waals surface area contributed by atoms with Gasteiger partial charge < -0.3 is 34.7 Å². The Kier molecular flexibility index (Phi) is 11.0. The molecular formula is C31H33BrN4O7. The van der Waals surface area contributed by atoms with Gasteiger partial charge in [-0.15, -0.1) is 0 Å². The minimum Gasteiger partial charge on any atom is -0.490 e. The minimum absolute atomic E-state index is 0.144. The molecule has 11 nitrogen and oxygen atoms in total. The van der Waals surface area contributed by atoms with Crippen molar-refractivity contribution in [2.45, 2.75) is 32.7 Å². The molecule has 43 heavy (non-hydrogen) atoms. The normalized spacial score (nSPS) is 15.4. The van der Waals surface area contributed by atoms with E-state index in [1.807, 2.05) is 55.5 Å². The third-order valence-electron chi connectivity index (χ3n) is 6.33. The van der Waals surface area contributed by atoms with Crippen molar-refractivity contribution in [2.75, 3.05) is 20.3 Å². The summed E-state index contributed by atoms with van der Waals surface area (Å²) in [6, 6.07) is 19.1. The number of nitrogens with one attached hydrogen (secondary N) is 3. The van der Waals surface area contributed by atoms with Crippen LogP contribution in [0.4, 0.5) is 4.79 Å². The van der Waals surface area contributed by atoms with E-state index in [0.717, 1.165) is 15.6 Å². The molecule has 1 aliphatic heterocycles. The maximum Gasteiger partial charge on any atom is 0.337 e. The van der Waals surface area contributed by atoms with Crippen molar-refractivity contribution in [3.05, 3.63) is 99.2 Å². The number of para-hydroxylation sites is 1. The predicted molar refractivity (Wildman–Crippen MR) is 164 cm³/mol. The summed E-state index contributed by atoms with van der Waals surface area (Å²) in [5.74, 6) is 0.820. The Hall–Kier alpha value is -4.55. The van der Waals surface area contributed by atoms with Crippen LogP contribution in [0.15, 0.2) is 87.6 Å². The Morgan fingerprint density at radius 2 is 1.84 bits per heavy atom. The number of halogens is 1. The van der Waals surface area contributed by atoms with Gasteiger partial charge in [-0.05, 0) is 61.4 Å². The number of ether oxygens (including phenoxy) is 4. The van der Waals surface area contributed by atoms with Crippen LogP contribution in [0.25, 0.3) is 0 Å². The number of carbonyl (C=O) groups excluding carboxylic acids is 2. The van der Waals surface area contributed by atoms with Gasteiger partial charge in [0, 0.05) is 15.7 Å². The zero-order chi connectivity index (χ0) is 30.8. The molecule has 0 fully saturated rings. The average molecular weight is 654 g/mol. The fourth-order valence-corrected chi connectivity index (χ4v) is 4.54. The van der Waals surface area contributed by atoms with Crippen LogP contribution in [-0.4, -0.2) is 49.9 Å². The van der Waals surface area contributed by atoms with Crippen molar-refractivity contribution >= 4 is 34.1 Å². The molecular weight excluding hydrogens is 620 g/mol. The van der Waals surface area contributed by atoms with Gasteiger partial charge in [0.1, 0.15) is 19.0 Å². The van der Waals surface area contributed by atoms with Gasteiger partial charge in [-0.25, -0.2) is 9.59 Å². The molecule has 12 heteroatoms. The van der Waals surface area contributed by atoms with E-state index in [-0.39, 0.29) is 12.2 Å². The van der Waals surface area contributed by atoms with Crippen molar-refractivity contribution < 1.29 is 33.6 Å². The van der Waals surface area contributed by atoms with Gasteiger partial charge >= 0.3 is 12.0 Å². The van der Waals surface area contributed by atoms with Gasteiger partial charge in [-0.1, -0.05) is 46.3 Å². The number of benzene rings is 3. The number of urea groups is 1. The first kappa shape index (κ1) is 31.4. The number of aliphatic hydroxyl groups is 1. The summed E-state index contributed by atoms with van der Waals surface area (Å²) in [7, 11) is 1.28. The van der Waals surface area contributed by atoms with Gasteiger partial charge in [-0.3, -0.25) is 5.43 Å². The van der Waals surface area contributed by atoms with Crippen LogP contribution in [0, 0.1) is 0 Å². The number of aliphatic hydroxyl groups excluding tert-OH is 1. The Morgan fingerprint density at radius 3 is 2.58 bits per heavy atom. The van der Waals surface area contributed by atoms with E-state index in [1.54, 1.807) is 31.3 Å². The number of methoxy groups -OCH3 is 1. The molecule has 3 aromatic carbocycles. The molecule has 1 aliphatic rings. The molecule has 0 bridgehead atoms. The highest BCUT2D eigenvalue weighted by Crippen LogP contribution is 2.35. The molecule has 0 unspecified atom stereocenters. The second-order valence-corrected chi connectivity index (χ2v) is 10.3. The first-order chi connectivity index (χ1) is 20.8. The van der Waals surface area contributed by atoms with E-state index in [9.17, 15) is 14.7 Å². The summed E-state index contributed by atoms with van der Waals surface area (Å²) in [6.07, 6.45) is 0.420. The molecule has 0 spiro atoms. The summed E-state index contributed by atoms with van der Waals surface area (Å²) < 4.78 is 23.4. The Balaban J connectivity index is 1.38. The van der Waals surface area contributed by atoms with Crippen LogP contribution < -0.4 is 30.3 Å². The van der Waals surface area contributed by atoms with Crippen LogP contribution in [-0.2, 0) is 16.1 Å². The van der Waals surface area contributed by atoms with E-state index in [4.69, 9.17) is 18.9 Å². The summed E-state index contributed by atoms with van der Waals surface area (Å²) in [5, 5.41) is 19.9. The van der Waals surface area contributed by atoms with Gasteiger partial charge in [0.2, 0.25) is 0 Å². The number of amides is 2. The smallest absolute Gasteiger partial charge is 0.337 e. The van der Waals surface area contributed by atoms with Crippen LogP contribution in [0.3, 0.4) is 0 Å². The number of esters is 1. The maximum atomic E-state index is 12.4. The fourth-order valence-electron chi connectivity index (χ4n) is 4.28. The summed E-state index contributed by atoms with van der Waals surface area (Å²) >= 11 is 3.43. The lowest BCUT2D eigenvalue weighted by Crippen LogP contribution is -2.45. The first-order valence-electron chi connectivity index (χ1n) is 13.5. The molecule has 4 N–H and O–H groups in total. The molecule has 2 atom stereocenters. The zero-order valence-electron chi connectivity index (χ0n) is 23.9. The van der Waals surface area contributed by atoms with Crippen molar-refractivity contribution in [3.63, 3.8) is 0 Å². The second-order valence-electron chi connectivity index (χ2n) is 9.37. The number of nitrogens with zero attached hydrogens (tertiary/aromatic N) is 1. The third-order valence-corrected chi connectivity index (χ3v) is 6.85. The third kappa shape index (κ3) is 8.49. The predicted octanol–water partition coefficient (Wildman–Crippen LogP) is 4.55. The molecule has 0 aromatic heterocycles. The molecule has 3 aromatic rings. The van der Waals surface area contributed by atoms with E-state index in [1.165, 1.54) is 7.11 Å². The van der Waals surface area contributed by atoms with Crippen LogP contribution in [0.1, 0.15) is 36.6 Å². The lowest BCUT2D eigenvalue weighted by molar-refractivity contribution is -0.136. The number of hydrogen-bond acceptors (Lipinski definition) is 9. The fraction of sp³-hybridized carbons (Fsp3) is 0.258. The molecule has 0 radical (unpaired) electrons. The Labute approximate surface area is 258 Å². The largest absolute Gasteiger partial charge is 0.490 e. The average Bonchev–Trinajstić information content (AvgIpc) is 3.00. The standard InChI is InChI=1S/C31H33BrN4O7/c1-4-41-26-15-21(29-28(30(38)40-3)19(2)34-31(39)35-29)11-14-25(26)43-18-27(37)36-33-16-22-7-5-6-8-24(22)42-17-20-9-12-23(32)13-10-20/h5-16,27,29,36-37H,4,17-18H2,1-3H3,(H2,34,35,39)/b33-16-/t27-,29+/m1/s1. The lowest BCUT2D eigenvalue weighted by atomic mass is 9.95. The van der Waals surface area contributed by atoms with Crippen LogP contribution >= 0.6 is 15.9 Å². The molecule has 1 heterocycles.